The van der Waals surface area contributed by atoms with E-state index in [1.54, 1.807) is 0 Å². The Kier molecular flexibility index (Phi) is 6.43. The Bertz CT molecular complexity index is 426. The summed E-state index contributed by atoms with van der Waals surface area (Å²) < 4.78 is 5.97. The Morgan fingerprint density at radius 1 is 1.24 bits per heavy atom. The number of nitrogens with zero attached hydrogens (tertiary/aromatic N) is 2. The van der Waals surface area contributed by atoms with Crippen molar-refractivity contribution in [2.24, 2.45) is 5.92 Å². The summed E-state index contributed by atoms with van der Waals surface area (Å²) in [6, 6.07) is 0.548. The second-order valence-corrected chi connectivity index (χ2v) is 6.52. The van der Waals surface area contributed by atoms with Crippen LogP contribution in [0.1, 0.15) is 63.6 Å². The first-order valence-corrected chi connectivity index (χ1v) is 8.35. The Morgan fingerprint density at radius 2 is 1.95 bits per heavy atom. The first-order chi connectivity index (χ1) is 10.1. The van der Waals surface area contributed by atoms with E-state index in [0.717, 1.165) is 37.2 Å². The van der Waals surface area contributed by atoms with Crippen molar-refractivity contribution < 1.29 is 4.74 Å². The van der Waals surface area contributed by atoms with Crippen LogP contribution in [0.4, 0.5) is 0 Å². The molecule has 1 N–H and O–H groups in total. The molecule has 0 unspecified atom stereocenters. The average molecular weight is 291 g/mol. The van der Waals surface area contributed by atoms with Crippen LogP contribution in [-0.2, 0) is 6.54 Å². The molecule has 0 aliphatic heterocycles. The van der Waals surface area contributed by atoms with Crippen molar-refractivity contribution in [3.8, 4) is 6.01 Å². The second-order valence-electron chi connectivity index (χ2n) is 6.52. The van der Waals surface area contributed by atoms with Crippen molar-refractivity contribution in [1.82, 2.24) is 15.3 Å². The molecular formula is C17H29N3O. The van der Waals surface area contributed by atoms with Crippen LogP contribution in [0.2, 0.25) is 0 Å². The fraction of sp³-hybridized carbons (Fsp3) is 0.765. The number of nitrogens with one attached hydrogen (secondary N) is 1. The molecule has 0 radical (unpaired) electrons. The van der Waals surface area contributed by atoms with Gasteiger partial charge in [-0.25, -0.2) is 9.97 Å². The Hall–Kier alpha value is -1.16. The zero-order valence-electron chi connectivity index (χ0n) is 13.7. The van der Waals surface area contributed by atoms with E-state index in [-0.39, 0.29) is 0 Å². The van der Waals surface area contributed by atoms with E-state index >= 15 is 0 Å². The Morgan fingerprint density at radius 3 is 2.57 bits per heavy atom. The van der Waals surface area contributed by atoms with Crippen LogP contribution in [0.25, 0.3) is 0 Å². The minimum atomic E-state index is 0.303. The van der Waals surface area contributed by atoms with Gasteiger partial charge in [-0.05, 0) is 45.1 Å². The highest BCUT2D eigenvalue weighted by atomic mass is 16.5. The molecule has 0 aromatic carbocycles. The SMILES string of the molecule is Cc1nc(OC2CCCCCC2)ncc1CNCC(C)C. The van der Waals surface area contributed by atoms with Gasteiger partial charge in [0.05, 0.1) is 0 Å². The molecule has 4 nitrogen and oxygen atoms in total. The van der Waals surface area contributed by atoms with Gasteiger partial charge in [0.2, 0.25) is 0 Å². The molecule has 1 aromatic heterocycles. The van der Waals surface area contributed by atoms with Crippen molar-refractivity contribution >= 4 is 0 Å². The first-order valence-electron chi connectivity index (χ1n) is 8.35. The van der Waals surface area contributed by atoms with Crippen molar-refractivity contribution in [3.63, 3.8) is 0 Å². The van der Waals surface area contributed by atoms with E-state index in [0.29, 0.717) is 18.0 Å². The third-order valence-electron chi connectivity index (χ3n) is 4.00. The molecule has 0 bridgehead atoms. The van der Waals surface area contributed by atoms with Crippen LogP contribution in [0.15, 0.2) is 6.20 Å². The van der Waals surface area contributed by atoms with Crippen LogP contribution in [-0.4, -0.2) is 22.6 Å². The van der Waals surface area contributed by atoms with Gasteiger partial charge in [-0.2, -0.15) is 0 Å². The van der Waals surface area contributed by atoms with Crippen molar-refractivity contribution in [1.29, 1.82) is 0 Å². The molecule has 0 spiro atoms. The second kappa shape index (κ2) is 8.32. The van der Waals surface area contributed by atoms with Gasteiger partial charge in [0, 0.05) is 24.0 Å². The lowest BCUT2D eigenvalue weighted by molar-refractivity contribution is 0.167. The summed E-state index contributed by atoms with van der Waals surface area (Å²) in [6.45, 7) is 8.29. The largest absolute Gasteiger partial charge is 0.460 e. The van der Waals surface area contributed by atoms with Crippen LogP contribution in [0.3, 0.4) is 0 Å². The predicted molar refractivity (Wildman–Crippen MR) is 85.4 cm³/mol. The summed E-state index contributed by atoms with van der Waals surface area (Å²) in [5.74, 6) is 0.657. The molecule has 21 heavy (non-hydrogen) atoms. The molecule has 1 aliphatic rings. The van der Waals surface area contributed by atoms with E-state index in [2.05, 4.69) is 29.1 Å². The fourth-order valence-corrected chi connectivity index (χ4v) is 2.71. The fourth-order valence-electron chi connectivity index (χ4n) is 2.71. The maximum absolute atomic E-state index is 5.97. The zero-order valence-corrected chi connectivity index (χ0v) is 13.7. The van der Waals surface area contributed by atoms with E-state index in [1.807, 2.05) is 13.1 Å². The molecule has 4 heteroatoms. The first kappa shape index (κ1) is 16.2. The van der Waals surface area contributed by atoms with Crippen LogP contribution in [0, 0.1) is 12.8 Å². The summed E-state index contributed by atoms with van der Waals surface area (Å²) in [5, 5.41) is 3.43. The zero-order chi connectivity index (χ0) is 15.1. The van der Waals surface area contributed by atoms with E-state index in [9.17, 15) is 0 Å². The van der Waals surface area contributed by atoms with Crippen LogP contribution in [0.5, 0.6) is 6.01 Å². The standard InChI is InChI=1S/C17H29N3O/c1-13(2)10-18-11-15-12-19-17(20-14(15)3)21-16-8-6-4-5-7-9-16/h12-13,16,18H,4-11H2,1-3H3. The summed E-state index contributed by atoms with van der Waals surface area (Å²) >= 11 is 0. The van der Waals surface area contributed by atoms with Crippen LogP contribution < -0.4 is 10.1 Å². The lowest BCUT2D eigenvalue weighted by atomic mass is 10.1. The van der Waals surface area contributed by atoms with Crippen LogP contribution >= 0.6 is 0 Å². The van der Waals surface area contributed by atoms with Gasteiger partial charge < -0.3 is 10.1 Å². The quantitative estimate of drug-likeness (QED) is 0.813. The van der Waals surface area contributed by atoms with E-state index in [4.69, 9.17) is 4.74 Å². The third-order valence-corrected chi connectivity index (χ3v) is 4.00. The lowest BCUT2D eigenvalue weighted by Gasteiger charge is -2.16. The van der Waals surface area contributed by atoms with Gasteiger partial charge >= 0.3 is 6.01 Å². The molecule has 0 atom stereocenters. The highest BCUT2D eigenvalue weighted by Crippen LogP contribution is 2.21. The summed E-state index contributed by atoms with van der Waals surface area (Å²) in [7, 11) is 0. The Balaban J connectivity index is 1.88. The molecule has 2 rings (SSSR count). The van der Waals surface area contributed by atoms with E-state index < -0.39 is 0 Å². The molecule has 1 heterocycles. The van der Waals surface area contributed by atoms with Gasteiger partial charge in [0.15, 0.2) is 0 Å². The van der Waals surface area contributed by atoms with Gasteiger partial charge in [0.1, 0.15) is 6.10 Å². The Labute approximate surface area is 128 Å². The van der Waals surface area contributed by atoms with Gasteiger partial charge in [-0.1, -0.05) is 26.7 Å². The minimum Gasteiger partial charge on any atom is -0.460 e. The molecule has 118 valence electrons. The number of hydrogen-bond acceptors (Lipinski definition) is 4. The molecular weight excluding hydrogens is 262 g/mol. The van der Waals surface area contributed by atoms with Gasteiger partial charge in [0.25, 0.3) is 0 Å². The highest BCUT2D eigenvalue weighted by molar-refractivity contribution is 5.17. The average Bonchev–Trinajstić information content (AvgIpc) is 2.69. The smallest absolute Gasteiger partial charge is 0.316 e. The lowest BCUT2D eigenvalue weighted by Crippen LogP contribution is -2.21. The van der Waals surface area contributed by atoms with E-state index in [1.165, 1.54) is 25.7 Å². The van der Waals surface area contributed by atoms with Gasteiger partial charge in [-0.3, -0.25) is 0 Å². The number of aryl methyl sites for hydroxylation is 1. The van der Waals surface area contributed by atoms with Crippen molar-refractivity contribution in [3.05, 3.63) is 17.5 Å². The topological polar surface area (TPSA) is 47.0 Å². The number of hydrogen-bond donors (Lipinski definition) is 1. The number of ether oxygens (including phenoxy) is 1. The number of rotatable bonds is 6. The molecule has 0 saturated heterocycles. The summed E-state index contributed by atoms with van der Waals surface area (Å²) in [4.78, 5) is 8.91. The molecule has 1 fully saturated rings. The summed E-state index contributed by atoms with van der Waals surface area (Å²) in [5.41, 5.74) is 2.17. The molecule has 1 aliphatic carbocycles. The van der Waals surface area contributed by atoms with Gasteiger partial charge in [-0.15, -0.1) is 0 Å². The maximum atomic E-state index is 5.97. The number of aromatic nitrogens is 2. The normalized spacial score (nSPS) is 17.0. The third kappa shape index (κ3) is 5.62. The molecule has 0 amide bonds. The monoisotopic (exact) mass is 291 g/mol. The minimum absolute atomic E-state index is 0.303. The maximum Gasteiger partial charge on any atom is 0.316 e. The summed E-state index contributed by atoms with van der Waals surface area (Å²) in [6.07, 6.45) is 9.68. The highest BCUT2D eigenvalue weighted by Gasteiger charge is 2.15. The van der Waals surface area contributed by atoms with Crippen molar-refractivity contribution in [2.45, 2.75) is 71.9 Å². The molecule has 1 saturated carbocycles. The van der Waals surface area contributed by atoms with Crippen molar-refractivity contribution in [2.75, 3.05) is 6.54 Å². The predicted octanol–water partition coefficient (Wildman–Crippen LogP) is 3.63. The molecule has 1 aromatic rings.